The van der Waals surface area contributed by atoms with Crippen LogP contribution in [0.3, 0.4) is 0 Å². The number of amides is 1. The number of H-pyrrole nitrogens is 1. The molecule has 1 fully saturated rings. The number of aromatic amines is 1. The molecule has 4 N–H and O–H groups in total. The van der Waals surface area contributed by atoms with Gasteiger partial charge in [0.15, 0.2) is 0 Å². The van der Waals surface area contributed by atoms with Crippen molar-refractivity contribution in [2.75, 3.05) is 26.2 Å². The van der Waals surface area contributed by atoms with E-state index in [4.69, 9.17) is 5.73 Å². The van der Waals surface area contributed by atoms with E-state index < -0.39 is 5.91 Å². The highest BCUT2D eigenvalue weighted by Gasteiger charge is 2.18. The number of fused-ring (bicyclic) bond motifs is 1. The molecule has 0 radical (unpaired) electrons. The van der Waals surface area contributed by atoms with Gasteiger partial charge in [-0.2, -0.15) is 0 Å². The van der Waals surface area contributed by atoms with E-state index >= 15 is 0 Å². The number of aromatic nitrogens is 1. The normalized spacial score (nSPS) is 15.7. The molecule has 1 aromatic heterocycles. The number of carbonyl (C=O) groups excluding carboxylic acids is 1. The molecule has 0 unspecified atom stereocenters. The monoisotopic (exact) mass is 380 g/mol. The van der Waals surface area contributed by atoms with Crippen LogP contribution in [0.2, 0.25) is 0 Å². The third-order valence-corrected chi connectivity index (χ3v) is 6.00. The van der Waals surface area contributed by atoms with Crippen molar-refractivity contribution >= 4 is 28.6 Å². The maximum atomic E-state index is 12.0. The van der Waals surface area contributed by atoms with Gasteiger partial charge in [-0.15, -0.1) is 0 Å². The summed E-state index contributed by atoms with van der Waals surface area (Å²) in [6, 6.07) is 16.5. The average molecular weight is 381 g/mol. The highest BCUT2D eigenvalue weighted by atomic mass is 32.2. The Hall–Kier alpha value is -2.28. The molecule has 140 valence electrons. The van der Waals surface area contributed by atoms with Gasteiger partial charge in [-0.3, -0.25) is 9.69 Å². The Morgan fingerprint density at radius 2 is 1.96 bits per heavy atom. The van der Waals surface area contributed by atoms with Crippen molar-refractivity contribution in [2.24, 2.45) is 5.73 Å². The number of nitrogens with two attached hydrogens (primary N) is 1. The van der Waals surface area contributed by atoms with Crippen molar-refractivity contribution in [1.82, 2.24) is 15.2 Å². The molecule has 1 aliphatic heterocycles. The summed E-state index contributed by atoms with van der Waals surface area (Å²) in [7, 11) is 0. The molecule has 6 heteroatoms. The van der Waals surface area contributed by atoms with Crippen LogP contribution in [0, 0.1) is 0 Å². The molecule has 1 saturated heterocycles. The molecule has 0 saturated carbocycles. The molecule has 3 aromatic rings. The average Bonchev–Trinajstić information content (AvgIpc) is 2.84. The first-order chi connectivity index (χ1) is 13.2. The number of primary amides is 1. The Morgan fingerprint density at radius 3 is 2.78 bits per heavy atom. The third-order valence-electron chi connectivity index (χ3n) is 4.86. The fourth-order valence-corrected chi connectivity index (χ4v) is 4.58. The van der Waals surface area contributed by atoms with Crippen LogP contribution in [-0.2, 0) is 6.54 Å². The Morgan fingerprint density at radius 1 is 1.11 bits per heavy atom. The van der Waals surface area contributed by atoms with E-state index in [1.807, 2.05) is 30.3 Å². The van der Waals surface area contributed by atoms with Crippen LogP contribution in [0.5, 0.6) is 0 Å². The van der Waals surface area contributed by atoms with Crippen LogP contribution >= 0.6 is 11.8 Å². The number of hydrogen-bond donors (Lipinski definition) is 3. The number of nitrogens with zero attached hydrogens (tertiary/aromatic N) is 1. The molecule has 5 nitrogen and oxygen atoms in total. The Balaban J connectivity index is 1.68. The van der Waals surface area contributed by atoms with Gasteiger partial charge in [0.25, 0.3) is 5.91 Å². The number of carbonyl (C=O) groups is 1. The molecule has 2 heterocycles. The van der Waals surface area contributed by atoms with Gasteiger partial charge in [0.1, 0.15) is 5.69 Å². The molecular formula is C21H24N4OS. The number of hydrogen-bond acceptors (Lipinski definition) is 4. The summed E-state index contributed by atoms with van der Waals surface area (Å²) in [4.78, 5) is 19.7. The minimum Gasteiger partial charge on any atom is -0.364 e. The lowest BCUT2D eigenvalue weighted by Gasteiger charge is -2.19. The van der Waals surface area contributed by atoms with Gasteiger partial charge in [0.05, 0.1) is 4.90 Å². The number of benzene rings is 2. The van der Waals surface area contributed by atoms with Gasteiger partial charge in [-0.25, -0.2) is 0 Å². The van der Waals surface area contributed by atoms with Crippen molar-refractivity contribution in [2.45, 2.75) is 22.8 Å². The van der Waals surface area contributed by atoms with Crippen molar-refractivity contribution < 1.29 is 4.79 Å². The van der Waals surface area contributed by atoms with E-state index in [9.17, 15) is 4.79 Å². The molecule has 0 aliphatic carbocycles. The lowest BCUT2D eigenvalue weighted by atomic mass is 10.1. The predicted molar refractivity (Wildman–Crippen MR) is 110 cm³/mol. The smallest absolute Gasteiger partial charge is 0.266 e. The zero-order valence-corrected chi connectivity index (χ0v) is 16.0. The molecule has 1 amide bonds. The zero-order chi connectivity index (χ0) is 18.6. The standard InChI is InChI=1S/C21H24N4OS/c22-21(26)19-20(27-16-5-2-1-3-6-16)17-13-15(7-8-18(17)24-19)14-25-11-4-9-23-10-12-25/h1-3,5-8,13,23-24H,4,9-12,14H2,(H2,22,26). The second kappa shape index (κ2) is 8.17. The van der Waals surface area contributed by atoms with E-state index in [0.717, 1.165) is 53.4 Å². The quantitative estimate of drug-likeness (QED) is 0.635. The largest absolute Gasteiger partial charge is 0.364 e. The molecule has 0 atom stereocenters. The number of nitrogens with one attached hydrogen (secondary N) is 2. The summed E-state index contributed by atoms with van der Waals surface area (Å²) in [6.45, 7) is 5.21. The van der Waals surface area contributed by atoms with Gasteiger partial charge in [0, 0.05) is 35.4 Å². The van der Waals surface area contributed by atoms with Gasteiger partial charge in [-0.1, -0.05) is 36.0 Å². The Labute approximate surface area is 163 Å². The van der Waals surface area contributed by atoms with Crippen LogP contribution in [0.1, 0.15) is 22.5 Å². The van der Waals surface area contributed by atoms with Crippen LogP contribution in [0.25, 0.3) is 10.9 Å². The van der Waals surface area contributed by atoms with Crippen LogP contribution in [0.15, 0.2) is 58.3 Å². The predicted octanol–water partition coefficient (Wildman–Crippen LogP) is 3.21. The first-order valence-corrected chi connectivity index (χ1v) is 10.1. The summed E-state index contributed by atoms with van der Waals surface area (Å²) in [5.74, 6) is -0.426. The maximum Gasteiger partial charge on any atom is 0.266 e. The molecular weight excluding hydrogens is 356 g/mol. The minimum absolute atomic E-state index is 0.426. The molecule has 2 aromatic carbocycles. The fourth-order valence-electron chi connectivity index (χ4n) is 3.52. The minimum atomic E-state index is -0.426. The third kappa shape index (κ3) is 4.18. The molecule has 0 bridgehead atoms. The summed E-state index contributed by atoms with van der Waals surface area (Å²) >= 11 is 1.58. The molecule has 4 rings (SSSR count). The highest BCUT2D eigenvalue weighted by Crippen LogP contribution is 2.37. The molecule has 0 spiro atoms. The second-order valence-corrected chi connectivity index (χ2v) is 7.95. The van der Waals surface area contributed by atoms with E-state index in [1.54, 1.807) is 11.8 Å². The second-order valence-electron chi connectivity index (χ2n) is 6.87. The van der Waals surface area contributed by atoms with Gasteiger partial charge in [0.2, 0.25) is 0 Å². The van der Waals surface area contributed by atoms with Gasteiger partial charge in [-0.05, 0) is 49.3 Å². The van der Waals surface area contributed by atoms with E-state index in [2.05, 4.69) is 33.4 Å². The highest BCUT2D eigenvalue weighted by molar-refractivity contribution is 7.99. The summed E-state index contributed by atoms with van der Waals surface area (Å²) in [5, 5.41) is 4.50. The molecule has 1 aliphatic rings. The molecule has 27 heavy (non-hydrogen) atoms. The van der Waals surface area contributed by atoms with Crippen molar-refractivity contribution in [3.63, 3.8) is 0 Å². The van der Waals surface area contributed by atoms with E-state index in [1.165, 1.54) is 12.0 Å². The fraction of sp³-hybridized carbons (Fsp3) is 0.286. The maximum absolute atomic E-state index is 12.0. The first kappa shape index (κ1) is 18.1. The van der Waals surface area contributed by atoms with Crippen molar-refractivity contribution in [3.8, 4) is 0 Å². The first-order valence-electron chi connectivity index (χ1n) is 9.31. The topological polar surface area (TPSA) is 74.2 Å². The summed E-state index contributed by atoms with van der Waals surface area (Å²) in [5.41, 5.74) is 8.33. The summed E-state index contributed by atoms with van der Waals surface area (Å²) in [6.07, 6.45) is 1.17. The van der Waals surface area contributed by atoms with Gasteiger partial charge >= 0.3 is 0 Å². The van der Waals surface area contributed by atoms with Crippen molar-refractivity contribution in [3.05, 3.63) is 59.8 Å². The Bertz CT molecular complexity index is 930. The van der Waals surface area contributed by atoms with Crippen LogP contribution < -0.4 is 11.1 Å². The summed E-state index contributed by atoms with van der Waals surface area (Å²) < 4.78 is 0. The van der Waals surface area contributed by atoms with Crippen molar-refractivity contribution in [1.29, 1.82) is 0 Å². The van der Waals surface area contributed by atoms with E-state index in [-0.39, 0.29) is 0 Å². The SMILES string of the molecule is NC(=O)c1[nH]c2ccc(CN3CCCNCC3)cc2c1Sc1ccccc1. The lowest BCUT2D eigenvalue weighted by Crippen LogP contribution is -2.27. The lowest BCUT2D eigenvalue weighted by molar-refractivity contribution is 0.0993. The van der Waals surface area contributed by atoms with Crippen LogP contribution in [-0.4, -0.2) is 42.0 Å². The van der Waals surface area contributed by atoms with Crippen LogP contribution in [0.4, 0.5) is 0 Å². The van der Waals surface area contributed by atoms with E-state index in [0.29, 0.717) is 5.69 Å². The zero-order valence-electron chi connectivity index (χ0n) is 15.2. The Kier molecular flexibility index (Phi) is 5.48. The number of rotatable bonds is 5. The van der Waals surface area contributed by atoms with Gasteiger partial charge < -0.3 is 16.0 Å².